The Morgan fingerprint density at radius 3 is 2.79 bits per heavy atom. The molecular formula is C14H12BrN3O. The van der Waals surface area contributed by atoms with Crippen LogP contribution >= 0.6 is 15.9 Å². The van der Waals surface area contributed by atoms with Crippen molar-refractivity contribution in [3.8, 4) is 0 Å². The highest BCUT2D eigenvalue weighted by Gasteiger charge is 2.21. The molecule has 1 aromatic carbocycles. The minimum atomic E-state index is -0.812. The summed E-state index contributed by atoms with van der Waals surface area (Å²) >= 11 is 3.41. The van der Waals surface area contributed by atoms with E-state index in [2.05, 4.69) is 26.0 Å². The van der Waals surface area contributed by atoms with Gasteiger partial charge in [0.25, 0.3) is 0 Å². The van der Waals surface area contributed by atoms with Crippen molar-refractivity contribution >= 4 is 26.7 Å². The van der Waals surface area contributed by atoms with Crippen molar-refractivity contribution in [1.29, 1.82) is 0 Å². The van der Waals surface area contributed by atoms with E-state index in [9.17, 15) is 5.11 Å². The van der Waals surface area contributed by atoms with E-state index in [0.29, 0.717) is 11.4 Å². The summed E-state index contributed by atoms with van der Waals surface area (Å²) in [5, 5.41) is 16.7. The highest BCUT2D eigenvalue weighted by molar-refractivity contribution is 9.10. The Morgan fingerprint density at radius 2 is 2.05 bits per heavy atom. The van der Waals surface area contributed by atoms with Gasteiger partial charge < -0.3 is 5.11 Å². The molecule has 0 spiro atoms. The van der Waals surface area contributed by atoms with Gasteiger partial charge in [0.15, 0.2) is 0 Å². The summed E-state index contributed by atoms with van der Waals surface area (Å²) in [4.78, 5) is 4.33. The second kappa shape index (κ2) is 4.75. The fourth-order valence-electron chi connectivity index (χ4n) is 2.22. The maximum absolute atomic E-state index is 10.6. The third kappa shape index (κ3) is 2.05. The van der Waals surface area contributed by atoms with E-state index in [1.54, 1.807) is 24.1 Å². The lowest BCUT2D eigenvalue weighted by Gasteiger charge is -2.13. The zero-order valence-corrected chi connectivity index (χ0v) is 11.9. The summed E-state index contributed by atoms with van der Waals surface area (Å²) in [6.45, 7) is 0. The molecule has 2 heterocycles. The number of aryl methyl sites for hydroxylation is 1. The third-order valence-corrected chi connectivity index (χ3v) is 3.77. The zero-order valence-electron chi connectivity index (χ0n) is 10.3. The van der Waals surface area contributed by atoms with Gasteiger partial charge in [-0.2, -0.15) is 5.10 Å². The van der Waals surface area contributed by atoms with E-state index in [4.69, 9.17) is 0 Å². The fourth-order valence-corrected chi connectivity index (χ4v) is 2.78. The highest BCUT2D eigenvalue weighted by atomic mass is 79.9. The minimum Gasteiger partial charge on any atom is -0.380 e. The first kappa shape index (κ1) is 12.3. The van der Waals surface area contributed by atoms with Crippen LogP contribution in [0, 0.1) is 0 Å². The third-order valence-electron chi connectivity index (χ3n) is 3.16. The Morgan fingerprint density at radius 1 is 1.26 bits per heavy atom. The molecular weight excluding hydrogens is 306 g/mol. The molecule has 5 heteroatoms. The highest BCUT2D eigenvalue weighted by Crippen LogP contribution is 2.30. The first-order valence-electron chi connectivity index (χ1n) is 5.87. The van der Waals surface area contributed by atoms with Crippen molar-refractivity contribution in [3.05, 3.63) is 58.6 Å². The van der Waals surface area contributed by atoms with Gasteiger partial charge in [-0.05, 0) is 27.4 Å². The second-order valence-electron chi connectivity index (χ2n) is 4.32. The smallest absolute Gasteiger partial charge is 0.139 e. The predicted octanol–water partition coefficient (Wildman–Crippen LogP) is 2.81. The van der Waals surface area contributed by atoms with Crippen molar-refractivity contribution in [2.45, 2.75) is 6.10 Å². The van der Waals surface area contributed by atoms with Crippen LogP contribution in [0.4, 0.5) is 0 Å². The molecule has 0 bridgehead atoms. The summed E-state index contributed by atoms with van der Waals surface area (Å²) in [6.07, 6.45) is 2.57. The van der Waals surface area contributed by atoms with Crippen molar-refractivity contribution in [1.82, 2.24) is 14.8 Å². The monoisotopic (exact) mass is 317 g/mol. The van der Waals surface area contributed by atoms with E-state index in [-0.39, 0.29) is 0 Å². The molecule has 3 aromatic rings. The van der Waals surface area contributed by atoms with Crippen LogP contribution in [0.5, 0.6) is 0 Å². The molecule has 96 valence electrons. The molecule has 0 radical (unpaired) electrons. The number of rotatable bonds is 2. The molecule has 1 unspecified atom stereocenters. The first-order valence-corrected chi connectivity index (χ1v) is 6.67. The Labute approximate surface area is 118 Å². The molecule has 0 amide bonds. The summed E-state index contributed by atoms with van der Waals surface area (Å²) in [5.41, 5.74) is 1.34. The molecule has 0 fully saturated rings. The maximum Gasteiger partial charge on any atom is 0.139 e. The van der Waals surface area contributed by atoms with Crippen LogP contribution in [-0.4, -0.2) is 19.9 Å². The summed E-state index contributed by atoms with van der Waals surface area (Å²) in [7, 11) is 1.80. The van der Waals surface area contributed by atoms with Gasteiger partial charge in [0.2, 0.25) is 0 Å². The van der Waals surface area contributed by atoms with Crippen LogP contribution in [0.25, 0.3) is 10.8 Å². The molecule has 0 aliphatic rings. The number of benzene rings is 1. The van der Waals surface area contributed by atoms with E-state index in [0.717, 1.165) is 15.2 Å². The van der Waals surface area contributed by atoms with Gasteiger partial charge in [-0.15, -0.1) is 0 Å². The van der Waals surface area contributed by atoms with Gasteiger partial charge >= 0.3 is 0 Å². The fraction of sp³-hybridized carbons (Fsp3) is 0.143. The number of aromatic nitrogens is 3. The number of fused-ring (bicyclic) bond motifs is 1. The quantitative estimate of drug-likeness (QED) is 0.790. The number of aliphatic hydroxyl groups is 1. The van der Waals surface area contributed by atoms with Gasteiger partial charge in [0, 0.05) is 18.6 Å². The standard InChI is InChI=1S/C14H12BrN3O/c1-18-13(11(15)8-17-18)14(19)12-10-5-3-2-4-9(10)6-7-16-12/h2-8,14,19H,1H3. The van der Waals surface area contributed by atoms with Crippen LogP contribution in [0.15, 0.2) is 47.2 Å². The molecule has 3 rings (SSSR count). The molecule has 2 aromatic heterocycles. The molecule has 1 N–H and O–H groups in total. The Balaban J connectivity index is 2.20. The molecule has 1 atom stereocenters. The Bertz CT molecular complexity index is 714. The average Bonchev–Trinajstić information content (AvgIpc) is 2.77. The number of nitrogens with zero attached hydrogens (tertiary/aromatic N) is 3. The van der Waals surface area contributed by atoms with Gasteiger partial charge in [-0.1, -0.05) is 24.3 Å². The lowest BCUT2D eigenvalue weighted by Crippen LogP contribution is -2.09. The first-order chi connectivity index (χ1) is 9.18. The Hall–Kier alpha value is -1.72. The summed E-state index contributed by atoms with van der Waals surface area (Å²) in [6, 6.07) is 9.82. The van der Waals surface area contributed by atoms with E-state index in [1.807, 2.05) is 30.3 Å². The second-order valence-corrected chi connectivity index (χ2v) is 5.18. The zero-order chi connectivity index (χ0) is 13.4. The Kier molecular flexibility index (Phi) is 3.08. The molecule has 0 saturated heterocycles. The van der Waals surface area contributed by atoms with Crippen LogP contribution in [-0.2, 0) is 7.05 Å². The molecule has 0 aliphatic carbocycles. The number of hydrogen-bond donors (Lipinski definition) is 1. The van der Waals surface area contributed by atoms with Crippen LogP contribution in [0.2, 0.25) is 0 Å². The summed E-state index contributed by atoms with van der Waals surface area (Å²) in [5.74, 6) is 0. The lowest BCUT2D eigenvalue weighted by molar-refractivity contribution is 0.206. The van der Waals surface area contributed by atoms with Crippen molar-refractivity contribution < 1.29 is 5.11 Å². The number of hydrogen-bond acceptors (Lipinski definition) is 3. The minimum absolute atomic E-state index is 0.641. The SMILES string of the molecule is Cn1ncc(Br)c1C(O)c1nccc2ccccc12. The topological polar surface area (TPSA) is 50.9 Å². The molecule has 19 heavy (non-hydrogen) atoms. The van der Waals surface area contributed by atoms with E-state index in [1.165, 1.54) is 0 Å². The van der Waals surface area contributed by atoms with E-state index < -0.39 is 6.10 Å². The van der Waals surface area contributed by atoms with Crippen molar-refractivity contribution in [2.24, 2.45) is 7.05 Å². The van der Waals surface area contributed by atoms with Gasteiger partial charge in [0.1, 0.15) is 6.10 Å². The summed E-state index contributed by atoms with van der Waals surface area (Å²) < 4.78 is 2.43. The van der Waals surface area contributed by atoms with Gasteiger partial charge in [-0.3, -0.25) is 9.67 Å². The number of pyridine rings is 1. The number of halogens is 1. The van der Waals surface area contributed by atoms with E-state index >= 15 is 0 Å². The lowest BCUT2D eigenvalue weighted by atomic mass is 10.0. The molecule has 0 aliphatic heterocycles. The van der Waals surface area contributed by atoms with Crippen molar-refractivity contribution in [2.75, 3.05) is 0 Å². The van der Waals surface area contributed by atoms with Gasteiger partial charge in [0.05, 0.1) is 22.1 Å². The van der Waals surface area contributed by atoms with Crippen LogP contribution in [0.3, 0.4) is 0 Å². The molecule has 0 saturated carbocycles. The van der Waals surface area contributed by atoms with Gasteiger partial charge in [-0.25, -0.2) is 0 Å². The average molecular weight is 318 g/mol. The molecule has 4 nitrogen and oxygen atoms in total. The largest absolute Gasteiger partial charge is 0.380 e. The van der Waals surface area contributed by atoms with Crippen LogP contribution < -0.4 is 0 Å². The predicted molar refractivity (Wildman–Crippen MR) is 76.7 cm³/mol. The normalized spacial score (nSPS) is 12.8. The maximum atomic E-state index is 10.6. The number of aliphatic hydroxyl groups excluding tert-OH is 1. The van der Waals surface area contributed by atoms with Crippen molar-refractivity contribution in [3.63, 3.8) is 0 Å². The van der Waals surface area contributed by atoms with Crippen LogP contribution in [0.1, 0.15) is 17.5 Å².